The van der Waals surface area contributed by atoms with Gasteiger partial charge in [-0.3, -0.25) is 0 Å². The molecule has 0 aliphatic carbocycles. The summed E-state index contributed by atoms with van der Waals surface area (Å²) in [6.45, 7) is 1.54. The number of hydrogen-bond donors (Lipinski definition) is 2. The maximum absolute atomic E-state index is 11.4. The molecule has 0 unspecified atom stereocenters. The van der Waals surface area contributed by atoms with E-state index in [-0.39, 0.29) is 5.69 Å². The van der Waals surface area contributed by atoms with Crippen molar-refractivity contribution in [3.05, 3.63) is 36.0 Å². The van der Waals surface area contributed by atoms with Crippen LogP contribution in [0.5, 0.6) is 0 Å². The van der Waals surface area contributed by atoms with E-state index in [0.717, 1.165) is 18.5 Å². The van der Waals surface area contributed by atoms with Crippen LogP contribution >= 0.6 is 0 Å². The fraction of sp³-hybridized carbons (Fsp3) is 0.231. The third-order valence-electron chi connectivity index (χ3n) is 3.06. The number of nitrogens with one attached hydrogen (secondary N) is 1. The number of carboxylic acid groups (broad SMARTS) is 1. The Morgan fingerprint density at radius 3 is 2.83 bits per heavy atom. The summed E-state index contributed by atoms with van der Waals surface area (Å²) in [5.41, 5.74) is 1.63. The summed E-state index contributed by atoms with van der Waals surface area (Å²) in [5.74, 6) is -0.284. The molecule has 0 radical (unpaired) electrons. The van der Waals surface area contributed by atoms with Gasteiger partial charge in [-0.05, 0) is 6.42 Å². The van der Waals surface area contributed by atoms with Crippen LogP contribution in [0.3, 0.4) is 0 Å². The topological polar surface area (TPSA) is 67.1 Å². The van der Waals surface area contributed by atoms with Crippen molar-refractivity contribution in [2.24, 2.45) is 0 Å². The summed E-state index contributed by atoms with van der Waals surface area (Å²) in [7, 11) is 0. The minimum Gasteiger partial charge on any atom is -0.477 e. The first-order chi connectivity index (χ1) is 8.77. The number of carboxylic acids is 1. The zero-order valence-electron chi connectivity index (χ0n) is 9.76. The van der Waals surface area contributed by atoms with Crippen LogP contribution in [0.25, 0.3) is 11.3 Å². The van der Waals surface area contributed by atoms with Gasteiger partial charge in [-0.25, -0.2) is 9.78 Å². The van der Waals surface area contributed by atoms with Gasteiger partial charge in [-0.2, -0.15) is 0 Å². The average Bonchev–Trinajstić information content (AvgIpc) is 2.79. The summed E-state index contributed by atoms with van der Waals surface area (Å²) in [4.78, 5) is 15.9. The molecule has 2 heterocycles. The van der Waals surface area contributed by atoms with Crippen LogP contribution in [0.4, 0.5) is 5.95 Å². The average molecular weight is 243 g/mol. The lowest BCUT2D eigenvalue weighted by Crippen LogP contribution is -2.20. The minimum absolute atomic E-state index is 0.267. The summed E-state index contributed by atoms with van der Waals surface area (Å²) in [5, 5.41) is 12.5. The third kappa shape index (κ3) is 1.64. The Hall–Kier alpha value is -2.30. The van der Waals surface area contributed by atoms with Crippen LogP contribution in [0.2, 0.25) is 0 Å². The van der Waals surface area contributed by atoms with Gasteiger partial charge in [0.25, 0.3) is 0 Å². The maximum atomic E-state index is 11.4. The Labute approximate surface area is 104 Å². The molecule has 2 N–H and O–H groups in total. The number of anilines is 1. The van der Waals surface area contributed by atoms with Crippen LogP contribution in [0, 0.1) is 0 Å². The highest BCUT2D eigenvalue weighted by Gasteiger charge is 2.24. The highest BCUT2D eigenvalue weighted by molar-refractivity contribution is 5.94. The van der Waals surface area contributed by atoms with E-state index in [9.17, 15) is 9.90 Å². The number of hydrogen-bond acceptors (Lipinski definition) is 3. The number of carbonyl (C=O) groups is 1. The van der Waals surface area contributed by atoms with E-state index < -0.39 is 5.97 Å². The number of benzene rings is 1. The van der Waals surface area contributed by atoms with Gasteiger partial charge >= 0.3 is 5.97 Å². The molecule has 0 bridgehead atoms. The van der Waals surface area contributed by atoms with Crippen LogP contribution in [0.15, 0.2) is 30.3 Å². The monoisotopic (exact) mass is 243 g/mol. The molecular weight excluding hydrogens is 230 g/mol. The molecule has 0 fully saturated rings. The predicted molar refractivity (Wildman–Crippen MR) is 67.7 cm³/mol. The highest BCUT2D eigenvalue weighted by atomic mass is 16.4. The lowest BCUT2D eigenvalue weighted by atomic mass is 10.1. The molecule has 0 atom stereocenters. The van der Waals surface area contributed by atoms with E-state index in [2.05, 4.69) is 10.3 Å². The number of aromatic carboxylic acids is 1. The van der Waals surface area contributed by atoms with E-state index in [1.54, 1.807) is 4.57 Å². The van der Waals surface area contributed by atoms with Crippen molar-refractivity contribution in [1.29, 1.82) is 0 Å². The number of aromatic nitrogens is 2. The van der Waals surface area contributed by atoms with Crippen molar-refractivity contribution in [3.8, 4) is 11.3 Å². The maximum Gasteiger partial charge on any atom is 0.354 e. The van der Waals surface area contributed by atoms with Crippen LogP contribution in [-0.2, 0) is 6.54 Å². The van der Waals surface area contributed by atoms with Gasteiger partial charge < -0.3 is 15.0 Å². The molecule has 0 amide bonds. The van der Waals surface area contributed by atoms with Crippen LogP contribution in [0.1, 0.15) is 16.9 Å². The zero-order valence-corrected chi connectivity index (χ0v) is 9.76. The van der Waals surface area contributed by atoms with E-state index in [1.165, 1.54) is 0 Å². The van der Waals surface area contributed by atoms with Crippen LogP contribution < -0.4 is 5.32 Å². The lowest BCUT2D eigenvalue weighted by Gasteiger charge is -2.16. The molecule has 0 saturated heterocycles. The van der Waals surface area contributed by atoms with Gasteiger partial charge in [0.2, 0.25) is 5.95 Å². The molecular formula is C13H13N3O2. The Morgan fingerprint density at radius 1 is 1.33 bits per heavy atom. The Morgan fingerprint density at radius 2 is 2.11 bits per heavy atom. The fourth-order valence-electron chi connectivity index (χ4n) is 2.26. The molecule has 1 aliphatic heterocycles. The van der Waals surface area contributed by atoms with Crippen molar-refractivity contribution in [3.63, 3.8) is 0 Å². The quantitative estimate of drug-likeness (QED) is 0.847. The predicted octanol–water partition coefficient (Wildman–Crippen LogP) is 2.06. The van der Waals surface area contributed by atoms with Crippen molar-refractivity contribution >= 4 is 11.9 Å². The molecule has 5 nitrogen and oxygen atoms in total. The van der Waals surface area contributed by atoms with Gasteiger partial charge in [-0.1, -0.05) is 30.3 Å². The summed E-state index contributed by atoms with van der Waals surface area (Å²) in [6.07, 6.45) is 0.915. The number of fused-ring (bicyclic) bond motifs is 1. The molecule has 0 spiro atoms. The summed E-state index contributed by atoms with van der Waals surface area (Å²) in [6, 6.07) is 9.42. The van der Waals surface area contributed by atoms with E-state index in [4.69, 9.17) is 0 Å². The molecule has 92 valence electrons. The van der Waals surface area contributed by atoms with Crippen molar-refractivity contribution in [1.82, 2.24) is 9.55 Å². The molecule has 1 aromatic carbocycles. The van der Waals surface area contributed by atoms with E-state index >= 15 is 0 Å². The van der Waals surface area contributed by atoms with Gasteiger partial charge in [-0.15, -0.1) is 0 Å². The second-order valence-corrected chi connectivity index (χ2v) is 4.24. The number of nitrogens with zero attached hydrogens (tertiary/aromatic N) is 2. The van der Waals surface area contributed by atoms with Gasteiger partial charge in [0, 0.05) is 18.7 Å². The standard InChI is InChI=1S/C13H13N3O2/c17-12(18)11-10(9-5-2-1-3-6-9)15-13-14-7-4-8-16(11)13/h1-3,5-6H,4,7-8H2,(H,14,15)(H,17,18). The molecule has 1 aliphatic rings. The second kappa shape index (κ2) is 4.18. The van der Waals surface area contributed by atoms with Crippen molar-refractivity contribution in [2.45, 2.75) is 13.0 Å². The molecule has 0 saturated carbocycles. The minimum atomic E-state index is -0.934. The normalized spacial score (nSPS) is 13.8. The third-order valence-corrected chi connectivity index (χ3v) is 3.06. The molecule has 2 aromatic rings. The van der Waals surface area contributed by atoms with E-state index in [0.29, 0.717) is 18.2 Å². The molecule has 3 rings (SSSR count). The first-order valence-electron chi connectivity index (χ1n) is 5.90. The molecule has 1 aromatic heterocycles. The van der Waals surface area contributed by atoms with Crippen LogP contribution in [-0.4, -0.2) is 27.2 Å². The second-order valence-electron chi connectivity index (χ2n) is 4.24. The smallest absolute Gasteiger partial charge is 0.354 e. The van der Waals surface area contributed by atoms with Gasteiger partial charge in [0.1, 0.15) is 5.69 Å². The zero-order chi connectivity index (χ0) is 12.5. The SMILES string of the molecule is O=C(O)c1c(-c2ccccc2)nc2n1CCCN2. The number of rotatable bonds is 2. The Balaban J connectivity index is 2.20. The van der Waals surface area contributed by atoms with Gasteiger partial charge in [0.05, 0.1) is 0 Å². The first-order valence-corrected chi connectivity index (χ1v) is 5.90. The van der Waals surface area contributed by atoms with E-state index in [1.807, 2.05) is 30.3 Å². The first kappa shape index (κ1) is 10.8. The fourth-order valence-corrected chi connectivity index (χ4v) is 2.26. The number of imidazole rings is 1. The summed E-state index contributed by atoms with van der Waals surface area (Å²) >= 11 is 0. The van der Waals surface area contributed by atoms with Crippen molar-refractivity contribution < 1.29 is 9.90 Å². The molecule has 5 heteroatoms. The largest absolute Gasteiger partial charge is 0.477 e. The van der Waals surface area contributed by atoms with Crippen molar-refractivity contribution in [2.75, 3.05) is 11.9 Å². The Bertz CT molecular complexity index is 590. The molecule has 18 heavy (non-hydrogen) atoms. The Kier molecular flexibility index (Phi) is 2.51. The summed E-state index contributed by atoms with van der Waals surface area (Å²) < 4.78 is 1.74. The highest BCUT2D eigenvalue weighted by Crippen LogP contribution is 2.28. The lowest BCUT2D eigenvalue weighted by molar-refractivity contribution is 0.0686. The van der Waals surface area contributed by atoms with Gasteiger partial charge in [0.15, 0.2) is 5.69 Å².